The maximum atomic E-state index is 12.6. The van der Waals surface area contributed by atoms with Gasteiger partial charge >= 0.3 is 0 Å². The molecule has 1 saturated heterocycles. The van der Waals surface area contributed by atoms with E-state index in [0.29, 0.717) is 29.6 Å². The van der Waals surface area contributed by atoms with Crippen LogP contribution in [-0.4, -0.2) is 50.8 Å². The van der Waals surface area contributed by atoms with Crippen molar-refractivity contribution >= 4 is 11.6 Å². The molecular weight excluding hydrogens is 368 g/mol. The summed E-state index contributed by atoms with van der Waals surface area (Å²) in [6, 6.07) is 13.2. The summed E-state index contributed by atoms with van der Waals surface area (Å²) in [7, 11) is 1.58. The Morgan fingerprint density at radius 3 is 2.48 bits per heavy atom. The zero-order valence-corrected chi connectivity index (χ0v) is 17.4. The second-order valence-corrected chi connectivity index (χ2v) is 7.61. The van der Waals surface area contributed by atoms with Crippen LogP contribution in [0.25, 0.3) is 0 Å². The first-order valence-corrected chi connectivity index (χ1v) is 10.1. The van der Waals surface area contributed by atoms with E-state index in [0.717, 1.165) is 38.5 Å². The Balaban J connectivity index is 1.60. The Kier molecular flexibility index (Phi) is 7.49. The fourth-order valence-corrected chi connectivity index (χ4v) is 3.10. The SMILES string of the molecule is COc1cc(C(=O)Nc2ccc(CN3CCOCC3)cc2)ccc1OCC(C)C. The first kappa shape index (κ1) is 21.1. The number of ether oxygens (including phenoxy) is 3. The topological polar surface area (TPSA) is 60.0 Å². The Morgan fingerprint density at radius 1 is 1.10 bits per heavy atom. The first-order chi connectivity index (χ1) is 14.0. The highest BCUT2D eigenvalue weighted by Crippen LogP contribution is 2.29. The van der Waals surface area contributed by atoms with E-state index in [1.807, 2.05) is 12.1 Å². The van der Waals surface area contributed by atoms with E-state index < -0.39 is 0 Å². The van der Waals surface area contributed by atoms with Crippen molar-refractivity contribution in [2.24, 2.45) is 5.92 Å². The summed E-state index contributed by atoms with van der Waals surface area (Å²) in [5.74, 6) is 1.43. The minimum absolute atomic E-state index is 0.181. The number of methoxy groups -OCH3 is 1. The van der Waals surface area contributed by atoms with E-state index in [1.165, 1.54) is 5.56 Å². The molecule has 1 amide bonds. The van der Waals surface area contributed by atoms with Gasteiger partial charge in [0.1, 0.15) is 0 Å². The van der Waals surface area contributed by atoms with Crippen molar-refractivity contribution in [1.29, 1.82) is 0 Å². The molecule has 0 saturated carbocycles. The smallest absolute Gasteiger partial charge is 0.255 e. The molecule has 0 atom stereocenters. The fourth-order valence-electron chi connectivity index (χ4n) is 3.10. The van der Waals surface area contributed by atoms with Crippen LogP contribution in [0, 0.1) is 5.92 Å². The van der Waals surface area contributed by atoms with Gasteiger partial charge in [0, 0.05) is 30.9 Å². The Morgan fingerprint density at radius 2 is 1.83 bits per heavy atom. The summed E-state index contributed by atoms with van der Waals surface area (Å²) in [5, 5.41) is 2.94. The normalized spacial score (nSPS) is 14.6. The molecule has 0 unspecified atom stereocenters. The lowest BCUT2D eigenvalue weighted by molar-refractivity contribution is 0.0342. The minimum atomic E-state index is -0.181. The van der Waals surface area contributed by atoms with E-state index in [9.17, 15) is 4.79 Å². The van der Waals surface area contributed by atoms with Crippen molar-refractivity contribution in [2.75, 3.05) is 45.3 Å². The average molecular weight is 399 g/mol. The highest BCUT2D eigenvalue weighted by Gasteiger charge is 2.13. The Hall–Kier alpha value is -2.57. The zero-order chi connectivity index (χ0) is 20.6. The molecule has 29 heavy (non-hydrogen) atoms. The lowest BCUT2D eigenvalue weighted by atomic mass is 10.1. The molecule has 6 heteroatoms. The number of anilines is 1. The van der Waals surface area contributed by atoms with Crippen molar-refractivity contribution in [1.82, 2.24) is 4.90 Å². The molecule has 1 aliphatic heterocycles. The van der Waals surface area contributed by atoms with Crippen molar-refractivity contribution < 1.29 is 19.0 Å². The van der Waals surface area contributed by atoms with Crippen LogP contribution in [0.1, 0.15) is 29.8 Å². The van der Waals surface area contributed by atoms with Crippen LogP contribution in [0.2, 0.25) is 0 Å². The molecule has 6 nitrogen and oxygen atoms in total. The number of nitrogens with zero attached hydrogens (tertiary/aromatic N) is 1. The van der Waals surface area contributed by atoms with Gasteiger partial charge in [0.2, 0.25) is 0 Å². The molecule has 0 aliphatic carbocycles. The van der Waals surface area contributed by atoms with E-state index in [-0.39, 0.29) is 5.91 Å². The number of amides is 1. The zero-order valence-electron chi connectivity index (χ0n) is 17.4. The van der Waals surface area contributed by atoms with Gasteiger partial charge in [-0.25, -0.2) is 0 Å². The number of nitrogens with one attached hydrogen (secondary N) is 1. The van der Waals surface area contributed by atoms with Crippen LogP contribution in [-0.2, 0) is 11.3 Å². The molecule has 3 rings (SSSR count). The molecule has 2 aromatic carbocycles. The maximum Gasteiger partial charge on any atom is 0.255 e. The molecule has 1 N–H and O–H groups in total. The second kappa shape index (κ2) is 10.3. The number of rotatable bonds is 8. The summed E-state index contributed by atoms with van der Waals surface area (Å²) >= 11 is 0. The van der Waals surface area contributed by atoms with Gasteiger partial charge in [0.05, 0.1) is 26.9 Å². The van der Waals surface area contributed by atoms with E-state index in [4.69, 9.17) is 14.2 Å². The number of carbonyl (C=O) groups excluding carboxylic acids is 1. The minimum Gasteiger partial charge on any atom is -0.493 e. The quantitative estimate of drug-likeness (QED) is 0.733. The standard InChI is InChI=1S/C23H30N2O4/c1-17(2)16-29-21-9-6-19(14-22(21)27-3)23(26)24-20-7-4-18(5-8-20)15-25-10-12-28-13-11-25/h4-9,14,17H,10-13,15-16H2,1-3H3,(H,24,26). The Bertz CT molecular complexity index is 799. The van der Waals surface area contributed by atoms with E-state index >= 15 is 0 Å². The third-order valence-corrected chi connectivity index (χ3v) is 4.72. The predicted molar refractivity (Wildman–Crippen MR) is 114 cm³/mol. The van der Waals surface area contributed by atoms with Crippen LogP contribution < -0.4 is 14.8 Å². The molecule has 2 aromatic rings. The number of hydrogen-bond acceptors (Lipinski definition) is 5. The monoisotopic (exact) mass is 398 g/mol. The van der Waals surface area contributed by atoms with Crippen LogP contribution in [0.15, 0.2) is 42.5 Å². The van der Waals surface area contributed by atoms with Gasteiger partial charge in [0.15, 0.2) is 11.5 Å². The van der Waals surface area contributed by atoms with Gasteiger partial charge in [-0.1, -0.05) is 26.0 Å². The summed E-state index contributed by atoms with van der Waals surface area (Å²) in [6.45, 7) is 9.15. The van der Waals surface area contributed by atoms with Gasteiger partial charge in [-0.15, -0.1) is 0 Å². The van der Waals surface area contributed by atoms with Gasteiger partial charge in [-0.2, -0.15) is 0 Å². The van der Waals surface area contributed by atoms with Gasteiger partial charge in [-0.3, -0.25) is 9.69 Å². The van der Waals surface area contributed by atoms with E-state index in [2.05, 4.69) is 36.2 Å². The van der Waals surface area contributed by atoms with E-state index in [1.54, 1.807) is 25.3 Å². The van der Waals surface area contributed by atoms with Crippen molar-refractivity contribution in [2.45, 2.75) is 20.4 Å². The maximum absolute atomic E-state index is 12.6. The summed E-state index contributed by atoms with van der Waals surface area (Å²) < 4.78 is 16.5. The third-order valence-electron chi connectivity index (χ3n) is 4.72. The van der Waals surface area contributed by atoms with Crippen molar-refractivity contribution in [3.05, 3.63) is 53.6 Å². The van der Waals surface area contributed by atoms with Crippen LogP contribution in [0.4, 0.5) is 5.69 Å². The molecule has 0 aromatic heterocycles. The lowest BCUT2D eigenvalue weighted by Crippen LogP contribution is -2.35. The largest absolute Gasteiger partial charge is 0.493 e. The number of morpholine rings is 1. The number of hydrogen-bond donors (Lipinski definition) is 1. The number of carbonyl (C=O) groups is 1. The van der Waals surface area contributed by atoms with Crippen molar-refractivity contribution in [3.8, 4) is 11.5 Å². The highest BCUT2D eigenvalue weighted by molar-refractivity contribution is 6.04. The fraction of sp³-hybridized carbons (Fsp3) is 0.435. The molecule has 1 heterocycles. The first-order valence-electron chi connectivity index (χ1n) is 10.1. The predicted octanol–water partition coefficient (Wildman–Crippen LogP) is 3.81. The average Bonchev–Trinajstić information content (AvgIpc) is 2.74. The van der Waals surface area contributed by atoms with Crippen LogP contribution in [0.5, 0.6) is 11.5 Å². The van der Waals surface area contributed by atoms with Gasteiger partial charge < -0.3 is 19.5 Å². The highest BCUT2D eigenvalue weighted by atomic mass is 16.5. The van der Waals surface area contributed by atoms with Gasteiger partial charge in [0.25, 0.3) is 5.91 Å². The summed E-state index contributed by atoms with van der Waals surface area (Å²) in [6.07, 6.45) is 0. The summed E-state index contributed by atoms with van der Waals surface area (Å²) in [5.41, 5.74) is 2.51. The molecular formula is C23H30N2O4. The van der Waals surface area contributed by atoms with Gasteiger partial charge in [-0.05, 0) is 41.8 Å². The lowest BCUT2D eigenvalue weighted by Gasteiger charge is -2.26. The molecule has 0 spiro atoms. The van der Waals surface area contributed by atoms with Crippen molar-refractivity contribution in [3.63, 3.8) is 0 Å². The molecule has 1 aliphatic rings. The molecule has 0 bridgehead atoms. The number of benzene rings is 2. The second-order valence-electron chi connectivity index (χ2n) is 7.61. The van der Waals surface area contributed by atoms with Crippen LogP contribution >= 0.6 is 0 Å². The van der Waals surface area contributed by atoms with Crippen LogP contribution in [0.3, 0.4) is 0 Å². The molecule has 1 fully saturated rings. The Labute approximate surface area is 172 Å². The molecule has 0 radical (unpaired) electrons. The summed E-state index contributed by atoms with van der Waals surface area (Å²) in [4.78, 5) is 15.0. The third kappa shape index (κ3) is 6.21. The molecule has 156 valence electrons.